The highest BCUT2D eigenvalue weighted by Crippen LogP contribution is 2.36. The Bertz CT molecular complexity index is 589. The van der Waals surface area contributed by atoms with Crippen molar-refractivity contribution in [2.45, 2.75) is 34.1 Å². The third-order valence-corrected chi connectivity index (χ3v) is 3.82. The third-order valence-electron chi connectivity index (χ3n) is 3.54. The van der Waals surface area contributed by atoms with Crippen molar-refractivity contribution in [2.75, 3.05) is 32.8 Å². The largest absolute Gasteiger partial charge is 0.490 e. The van der Waals surface area contributed by atoms with Crippen LogP contribution in [0.1, 0.15) is 44.5 Å². The van der Waals surface area contributed by atoms with Gasteiger partial charge >= 0.3 is 0 Å². The molecule has 0 aliphatic carbocycles. The summed E-state index contributed by atoms with van der Waals surface area (Å²) in [4.78, 5) is 26.0. The van der Waals surface area contributed by atoms with Crippen molar-refractivity contribution in [3.05, 3.63) is 22.7 Å². The maximum absolute atomic E-state index is 12.3. The van der Waals surface area contributed by atoms with Gasteiger partial charge in [0.2, 0.25) is 5.91 Å². The summed E-state index contributed by atoms with van der Waals surface area (Å²) in [5.41, 5.74) is 0.324. The molecule has 0 aliphatic heterocycles. The van der Waals surface area contributed by atoms with Gasteiger partial charge in [0.25, 0.3) is 5.91 Å². The van der Waals surface area contributed by atoms with E-state index in [1.165, 1.54) is 6.07 Å². The SMILES string of the molecule is CCCOc1c(Cl)cc(C(=O)NCC(=O)N(CC)CC)cc1OCC. The molecule has 0 bridgehead atoms. The van der Waals surface area contributed by atoms with Crippen LogP contribution in [0.5, 0.6) is 11.5 Å². The van der Waals surface area contributed by atoms with Crippen molar-refractivity contribution >= 4 is 23.4 Å². The van der Waals surface area contributed by atoms with E-state index in [1.54, 1.807) is 11.0 Å². The fourth-order valence-electron chi connectivity index (χ4n) is 2.25. The zero-order valence-electron chi connectivity index (χ0n) is 15.4. The number of halogens is 1. The molecule has 1 aromatic carbocycles. The second-order valence-corrected chi connectivity index (χ2v) is 5.72. The summed E-state index contributed by atoms with van der Waals surface area (Å²) in [5, 5.41) is 2.93. The van der Waals surface area contributed by atoms with Crippen LogP contribution in [-0.4, -0.2) is 49.6 Å². The number of likely N-dealkylation sites (N-methyl/N-ethyl adjacent to an activating group) is 1. The number of hydrogen-bond donors (Lipinski definition) is 1. The van der Waals surface area contributed by atoms with E-state index < -0.39 is 0 Å². The second kappa shape index (κ2) is 10.8. The molecule has 0 unspecified atom stereocenters. The Labute approximate surface area is 154 Å². The molecule has 0 fully saturated rings. The summed E-state index contributed by atoms with van der Waals surface area (Å²) in [7, 11) is 0. The number of benzene rings is 1. The molecule has 6 nitrogen and oxygen atoms in total. The van der Waals surface area contributed by atoms with Crippen LogP contribution < -0.4 is 14.8 Å². The van der Waals surface area contributed by atoms with E-state index >= 15 is 0 Å². The molecule has 7 heteroatoms. The number of ether oxygens (including phenoxy) is 2. The summed E-state index contributed by atoms with van der Waals surface area (Å²) in [6.45, 7) is 9.70. The highest BCUT2D eigenvalue weighted by atomic mass is 35.5. The van der Waals surface area contributed by atoms with Gasteiger partial charge in [0.05, 0.1) is 24.8 Å². The van der Waals surface area contributed by atoms with Crippen LogP contribution in [0, 0.1) is 0 Å². The molecule has 0 atom stereocenters. The van der Waals surface area contributed by atoms with Crippen LogP contribution >= 0.6 is 11.6 Å². The molecule has 0 saturated carbocycles. The summed E-state index contributed by atoms with van der Waals surface area (Å²) >= 11 is 6.25. The van der Waals surface area contributed by atoms with E-state index in [1.807, 2.05) is 27.7 Å². The lowest BCUT2D eigenvalue weighted by atomic mass is 10.2. The van der Waals surface area contributed by atoms with E-state index in [2.05, 4.69) is 5.32 Å². The van der Waals surface area contributed by atoms with Crippen molar-refractivity contribution in [1.29, 1.82) is 0 Å². The molecule has 0 radical (unpaired) electrons. The quantitative estimate of drug-likeness (QED) is 0.687. The molecule has 1 rings (SSSR count). The predicted molar refractivity (Wildman–Crippen MR) is 98.7 cm³/mol. The second-order valence-electron chi connectivity index (χ2n) is 5.32. The van der Waals surface area contributed by atoms with Gasteiger partial charge in [-0.3, -0.25) is 9.59 Å². The van der Waals surface area contributed by atoms with Gasteiger partial charge in [-0.25, -0.2) is 0 Å². The maximum Gasteiger partial charge on any atom is 0.251 e. The first-order valence-electron chi connectivity index (χ1n) is 8.63. The molecule has 1 N–H and O–H groups in total. The standard InChI is InChI=1S/C18H27ClN2O4/c1-5-9-25-17-14(19)10-13(11-15(17)24-8-4)18(23)20-12-16(22)21(6-2)7-3/h10-11H,5-9,12H2,1-4H3,(H,20,23). The Morgan fingerprint density at radius 3 is 2.36 bits per heavy atom. The van der Waals surface area contributed by atoms with E-state index in [0.717, 1.165) is 6.42 Å². The van der Waals surface area contributed by atoms with Crippen LogP contribution in [0.25, 0.3) is 0 Å². The van der Waals surface area contributed by atoms with Gasteiger partial charge in [-0.1, -0.05) is 18.5 Å². The molecule has 25 heavy (non-hydrogen) atoms. The lowest BCUT2D eigenvalue weighted by Crippen LogP contribution is -2.40. The van der Waals surface area contributed by atoms with Gasteiger partial charge < -0.3 is 19.7 Å². The van der Waals surface area contributed by atoms with Gasteiger partial charge in [0.15, 0.2) is 11.5 Å². The molecule has 0 spiro atoms. The minimum absolute atomic E-state index is 0.0593. The lowest BCUT2D eigenvalue weighted by molar-refractivity contribution is -0.129. The zero-order valence-corrected chi connectivity index (χ0v) is 16.1. The summed E-state index contributed by atoms with van der Waals surface area (Å²) in [5.74, 6) is 0.340. The smallest absolute Gasteiger partial charge is 0.251 e. The first-order valence-corrected chi connectivity index (χ1v) is 9.01. The minimum Gasteiger partial charge on any atom is -0.490 e. The molecule has 1 aromatic rings. The average molecular weight is 371 g/mol. The Balaban J connectivity index is 2.89. The van der Waals surface area contributed by atoms with Gasteiger partial charge in [-0.2, -0.15) is 0 Å². The van der Waals surface area contributed by atoms with E-state index in [-0.39, 0.29) is 18.4 Å². The normalized spacial score (nSPS) is 10.3. The minimum atomic E-state index is -0.384. The highest BCUT2D eigenvalue weighted by Gasteiger charge is 2.17. The highest BCUT2D eigenvalue weighted by molar-refractivity contribution is 6.32. The van der Waals surface area contributed by atoms with Gasteiger partial charge in [0.1, 0.15) is 0 Å². The summed E-state index contributed by atoms with van der Waals surface area (Å²) in [6, 6.07) is 3.10. The first kappa shape index (κ1) is 21.1. The summed E-state index contributed by atoms with van der Waals surface area (Å²) < 4.78 is 11.2. The summed E-state index contributed by atoms with van der Waals surface area (Å²) in [6.07, 6.45) is 0.831. The number of nitrogens with zero attached hydrogens (tertiary/aromatic N) is 1. The number of rotatable bonds is 10. The lowest BCUT2D eigenvalue weighted by Gasteiger charge is -2.19. The first-order chi connectivity index (χ1) is 12.0. The van der Waals surface area contributed by atoms with Gasteiger partial charge in [-0.15, -0.1) is 0 Å². The van der Waals surface area contributed by atoms with Crippen molar-refractivity contribution in [3.8, 4) is 11.5 Å². The van der Waals surface area contributed by atoms with Crippen molar-refractivity contribution in [1.82, 2.24) is 10.2 Å². The number of carbonyl (C=O) groups excluding carboxylic acids is 2. The third kappa shape index (κ3) is 6.12. The van der Waals surface area contributed by atoms with Crippen LogP contribution in [0.3, 0.4) is 0 Å². The fourth-order valence-corrected chi connectivity index (χ4v) is 2.52. The molecular formula is C18H27ClN2O4. The monoisotopic (exact) mass is 370 g/mol. The Morgan fingerprint density at radius 2 is 1.80 bits per heavy atom. The van der Waals surface area contributed by atoms with Crippen molar-refractivity contribution < 1.29 is 19.1 Å². The van der Waals surface area contributed by atoms with Gasteiger partial charge in [-0.05, 0) is 39.3 Å². The molecule has 0 aromatic heterocycles. The zero-order chi connectivity index (χ0) is 18.8. The number of nitrogens with one attached hydrogen (secondary N) is 1. The molecular weight excluding hydrogens is 344 g/mol. The molecule has 0 heterocycles. The molecule has 140 valence electrons. The number of carbonyl (C=O) groups is 2. The van der Waals surface area contributed by atoms with Crippen LogP contribution in [0.4, 0.5) is 0 Å². The Kier molecular flexibility index (Phi) is 9.13. The fraction of sp³-hybridized carbons (Fsp3) is 0.556. The van der Waals surface area contributed by atoms with E-state index in [4.69, 9.17) is 21.1 Å². The topological polar surface area (TPSA) is 67.9 Å². The van der Waals surface area contributed by atoms with Crippen molar-refractivity contribution in [3.63, 3.8) is 0 Å². The Morgan fingerprint density at radius 1 is 1.12 bits per heavy atom. The average Bonchev–Trinajstić information content (AvgIpc) is 2.60. The van der Waals surface area contributed by atoms with Crippen molar-refractivity contribution in [2.24, 2.45) is 0 Å². The van der Waals surface area contributed by atoms with Crippen LogP contribution in [-0.2, 0) is 4.79 Å². The van der Waals surface area contributed by atoms with E-state index in [0.29, 0.717) is 48.4 Å². The van der Waals surface area contributed by atoms with E-state index in [9.17, 15) is 9.59 Å². The van der Waals surface area contributed by atoms with Crippen LogP contribution in [0.15, 0.2) is 12.1 Å². The Hall–Kier alpha value is -1.95. The van der Waals surface area contributed by atoms with Gasteiger partial charge in [0, 0.05) is 18.7 Å². The van der Waals surface area contributed by atoms with Crippen LogP contribution in [0.2, 0.25) is 5.02 Å². The number of hydrogen-bond acceptors (Lipinski definition) is 4. The predicted octanol–water partition coefficient (Wildman–Crippen LogP) is 3.13. The molecule has 2 amide bonds. The maximum atomic E-state index is 12.3. The molecule has 0 aliphatic rings. The molecule has 0 saturated heterocycles. The number of amides is 2.